The zero-order valence-corrected chi connectivity index (χ0v) is 10.3. The predicted molar refractivity (Wildman–Crippen MR) is 61.5 cm³/mol. The molecular formula is C12H15F4NO2. The minimum Gasteiger partial charge on any atom is -0.494 e. The number of ether oxygens (including phenoxy) is 2. The summed E-state index contributed by atoms with van der Waals surface area (Å²) >= 11 is 0. The van der Waals surface area contributed by atoms with E-state index in [2.05, 4.69) is 4.74 Å². The Kier molecular flexibility index (Phi) is 5.56. The number of nitrogens with two attached hydrogens (primary N) is 1. The minimum atomic E-state index is -4.37. The van der Waals surface area contributed by atoms with Crippen LogP contribution in [0.4, 0.5) is 17.6 Å². The van der Waals surface area contributed by atoms with Crippen LogP contribution in [0.5, 0.6) is 5.75 Å². The number of alkyl halides is 3. The smallest absolute Gasteiger partial charge is 0.411 e. The van der Waals surface area contributed by atoms with Gasteiger partial charge in [-0.05, 0) is 24.1 Å². The Labute approximate surface area is 108 Å². The highest BCUT2D eigenvalue weighted by molar-refractivity contribution is 5.29. The van der Waals surface area contributed by atoms with Gasteiger partial charge in [-0.3, -0.25) is 0 Å². The summed E-state index contributed by atoms with van der Waals surface area (Å²) in [5, 5.41) is 0. The van der Waals surface area contributed by atoms with E-state index in [9.17, 15) is 17.6 Å². The van der Waals surface area contributed by atoms with Crippen molar-refractivity contribution in [1.29, 1.82) is 0 Å². The highest BCUT2D eigenvalue weighted by Crippen LogP contribution is 2.18. The van der Waals surface area contributed by atoms with Crippen molar-refractivity contribution in [3.8, 4) is 5.75 Å². The van der Waals surface area contributed by atoms with E-state index in [1.165, 1.54) is 19.2 Å². The van der Waals surface area contributed by atoms with Gasteiger partial charge in [-0.2, -0.15) is 13.2 Å². The van der Waals surface area contributed by atoms with Crippen LogP contribution in [-0.2, 0) is 11.2 Å². The first-order valence-corrected chi connectivity index (χ1v) is 5.54. The van der Waals surface area contributed by atoms with Crippen LogP contribution in [0.15, 0.2) is 18.2 Å². The van der Waals surface area contributed by atoms with Crippen molar-refractivity contribution in [2.24, 2.45) is 5.73 Å². The first kappa shape index (κ1) is 15.7. The van der Waals surface area contributed by atoms with Gasteiger partial charge in [0, 0.05) is 6.04 Å². The highest BCUT2D eigenvalue weighted by atomic mass is 19.4. The summed E-state index contributed by atoms with van der Waals surface area (Å²) in [5.41, 5.74) is 6.18. The highest BCUT2D eigenvalue weighted by Gasteiger charge is 2.27. The Morgan fingerprint density at radius 2 is 2.00 bits per heavy atom. The van der Waals surface area contributed by atoms with Gasteiger partial charge in [-0.15, -0.1) is 0 Å². The molecule has 0 saturated heterocycles. The van der Waals surface area contributed by atoms with E-state index in [1.54, 1.807) is 6.07 Å². The third kappa shape index (κ3) is 5.89. The lowest BCUT2D eigenvalue weighted by molar-refractivity contribution is -0.174. The maximum atomic E-state index is 13.4. The van der Waals surface area contributed by atoms with Crippen LogP contribution >= 0.6 is 0 Å². The molecule has 0 aliphatic carbocycles. The second-order valence-electron chi connectivity index (χ2n) is 4.06. The normalized spacial score (nSPS) is 13.4. The average molecular weight is 281 g/mol. The van der Waals surface area contributed by atoms with Crippen LogP contribution < -0.4 is 10.5 Å². The molecule has 0 aliphatic rings. The number of halogens is 4. The summed E-state index contributed by atoms with van der Waals surface area (Å²) in [5.74, 6) is -0.436. The van der Waals surface area contributed by atoms with Crippen molar-refractivity contribution >= 4 is 0 Å². The summed E-state index contributed by atoms with van der Waals surface area (Å²) in [7, 11) is 1.34. The molecule has 1 rings (SSSR count). The lowest BCUT2D eigenvalue weighted by Gasteiger charge is -2.14. The van der Waals surface area contributed by atoms with E-state index in [0.717, 1.165) is 0 Å². The molecule has 0 bridgehead atoms. The standard InChI is InChI=1S/C12H15F4NO2/c1-18-11-3-2-8(5-10(11)13)4-9(17)6-19-7-12(14,15)16/h2-3,5,9H,4,6-7,17H2,1H3. The third-order valence-electron chi connectivity index (χ3n) is 2.31. The molecule has 0 radical (unpaired) electrons. The van der Waals surface area contributed by atoms with E-state index in [0.29, 0.717) is 5.56 Å². The number of rotatable bonds is 6. The molecule has 19 heavy (non-hydrogen) atoms. The molecular weight excluding hydrogens is 266 g/mol. The molecule has 0 spiro atoms. The van der Waals surface area contributed by atoms with Gasteiger partial charge >= 0.3 is 6.18 Å². The van der Waals surface area contributed by atoms with E-state index in [1.807, 2.05) is 0 Å². The fourth-order valence-corrected chi connectivity index (χ4v) is 1.52. The lowest BCUT2D eigenvalue weighted by Crippen LogP contribution is -2.31. The number of hydrogen-bond donors (Lipinski definition) is 1. The van der Waals surface area contributed by atoms with Crippen molar-refractivity contribution in [2.75, 3.05) is 20.3 Å². The molecule has 2 N–H and O–H groups in total. The maximum Gasteiger partial charge on any atom is 0.411 e. The van der Waals surface area contributed by atoms with Gasteiger partial charge < -0.3 is 15.2 Å². The molecule has 1 aromatic carbocycles. The second kappa shape index (κ2) is 6.72. The molecule has 1 atom stereocenters. The summed E-state index contributed by atoms with van der Waals surface area (Å²) in [6.07, 6.45) is -4.15. The maximum absolute atomic E-state index is 13.4. The average Bonchev–Trinajstić information content (AvgIpc) is 2.27. The van der Waals surface area contributed by atoms with Crippen LogP contribution in [-0.4, -0.2) is 32.5 Å². The SMILES string of the molecule is COc1ccc(CC(N)COCC(F)(F)F)cc1F. The Balaban J connectivity index is 2.44. The first-order valence-electron chi connectivity index (χ1n) is 5.54. The Morgan fingerprint density at radius 3 is 2.53 bits per heavy atom. The number of benzene rings is 1. The van der Waals surface area contributed by atoms with Crippen molar-refractivity contribution in [2.45, 2.75) is 18.6 Å². The summed E-state index contributed by atoms with van der Waals surface area (Å²) < 4.78 is 58.1. The van der Waals surface area contributed by atoms with Gasteiger partial charge in [0.1, 0.15) is 6.61 Å². The predicted octanol–water partition coefficient (Wildman–Crippen LogP) is 2.28. The van der Waals surface area contributed by atoms with Gasteiger partial charge in [0.25, 0.3) is 0 Å². The first-order chi connectivity index (χ1) is 8.81. The Hall–Kier alpha value is -1.34. The van der Waals surface area contributed by atoms with Gasteiger partial charge in [0.05, 0.1) is 13.7 Å². The van der Waals surface area contributed by atoms with Crippen LogP contribution in [0.25, 0.3) is 0 Å². The molecule has 0 fully saturated rings. The van der Waals surface area contributed by atoms with Crippen LogP contribution in [0.3, 0.4) is 0 Å². The molecule has 0 aromatic heterocycles. The Bertz CT molecular complexity index is 409. The van der Waals surface area contributed by atoms with E-state index >= 15 is 0 Å². The van der Waals surface area contributed by atoms with E-state index < -0.39 is 24.6 Å². The fourth-order valence-electron chi connectivity index (χ4n) is 1.52. The van der Waals surface area contributed by atoms with E-state index in [4.69, 9.17) is 10.5 Å². The summed E-state index contributed by atoms with van der Waals surface area (Å²) in [4.78, 5) is 0. The number of methoxy groups -OCH3 is 1. The number of hydrogen-bond acceptors (Lipinski definition) is 3. The molecule has 0 saturated carbocycles. The molecule has 0 amide bonds. The van der Waals surface area contributed by atoms with Gasteiger partial charge in [0.15, 0.2) is 11.6 Å². The van der Waals surface area contributed by atoms with Gasteiger partial charge in [0.2, 0.25) is 0 Å². The van der Waals surface area contributed by atoms with Gasteiger partial charge in [-0.1, -0.05) is 6.07 Å². The summed E-state index contributed by atoms with van der Waals surface area (Å²) in [6, 6.07) is 3.65. The quantitative estimate of drug-likeness (QED) is 0.814. The van der Waals surface area contributed by atoms with E-state index in [-0.39, 0.29) is 18.8 Å². The Morgan fingerprint density at radius 1 is 1.32 bits per heavy atom. The lowest BCUT2D eigenvalue weighted by atomic mass is 10.1. The fraction of sp³-hybridized carbons (Fsp3) is 0.500. The molecule has 1 aromatic rings. The monoisotopic (exact) mass is 281 g/mol. The topological polar surface area (TPSA) is 44.5 Å². The minimum absolute atomic E-state index is 0.102. The summed E-state index contributed by atoms with van der Waals surface area (Å²) in [6.45, 7) is -1.58. The molecule has 7 heteroatoms. The van der Waals surface area contributed by atoms with Crippen LogP contribution in [0.2, 0.25) is 0 Å². The molecule has 108 valence electrons. The van der Waals surface area contributed by atoms with Crippen LogP contribution in [0, 0.1) is 5.82 Å². The second-order valence-corrected chi connectivity index (χ2v) is 4.06. The van der Waals surface area contributed by atoms with Crippen LogP contribution in [0.1, 0.15) is 5.56 Å². The zero-order valence-electron chi connectivity index (χ0n) is 10.3. The zero-order chi connectivity index (χ0) is 14.5. The molecule has 3 nitrogen and oxygen atoms in total. The van der Waals surface area contributed by atoms with Gasteiger partial charge in [-0.25, -0.2) is 4.39 Å². The van der Waals surface area contributed by atoms with Crippen molar-refractivity contribution in [1.82, 2.24) is 0 Å². The van der Waals surface area contributed by atoms with Crippen molar-refractivity contribution < 1.29 is 27.0 Å². The van der Waals surface area contributed by atoms with Crippen molar-refractivity contribution in [3.05, 3.63) is 29.6 Å². The molecule has 0 heterocycles. The third-order valence-corrected chi connectivity index (χ3v) is 2.31. The molecule has 1 unspecified atom stereocenters. The van der Waals surface area contributed by atoms with Crippen molar-refractivity contribution in [3.63, 3.8) is 0 Å². The largest absolute Gasteiger partial charge is 0.494 e. The molecule has 0 aliphatic heterocycles.